The second-order valence-corrected chi connectivity index (χ2v) is 7.81. The lowest BCUT2D eigenvalue weighted by Gasteiger charge is -2.11. The van der Waals surface area contributed by atoms with Gasteiger partial charge in [0.2, 0.25) is 5.91 Å². The highest BCUT2D eigenvalue weighted by atomic mass is 35.5. The Balaban J connectivity index is 1.55. The summed E-state index contributed by atoms with van der Waals surface area (Å²) in [5, 5.41) is 3.53. The van der Waals surface area contributed by atoms with Crippen molar-refractivity contribution in [1.29, 1.82) is 0 Å². The zero-order valence-electron chi connectivity index (χ0n) is 18.8. The molecule has 1 amide bonds. The molecule has 0 aliphatic heterocycles. The highest BCUT2D eigenvalue weighted by molar-refractivity contribution is 6.30. The van der Waals surface area contributed by atoms with E-state index in [2.05, 4.69) is 12.2 Å². The summed E-state index contributed by atoms with van der Waals surface area (Å²) in [6.45, 7) is 3.21. The Hall–Kier alpha value is -3.44. The Kier molecular flexibility index (Phi) is 9.21. The monoisotopic (exact) mass is 465 g/mol. The molecule has 0 aliphatic carbocycles. The maximum absolute atomic E-state index is 12.3. The van der Waals surface area contributed by atoms with E-state index < -0.39 is 0 Å². The molecule has 0 saturated heterocycles. The predicted octanol–water partition coefficient (Wildman–Crippen LogP) is 6.76. The van der Waals surface area contributed by atoms with Crippen LogP contribution in [0.25, 0.3) is 6.08 Å². The van der Waals surface area contributed by atoms with Crippen LogP contribution in [0.1, 0.15) is 30.9 Å². The molecule has 172 valence electrons. The van der Waals surface area contributed by atoms with Gasteiger partial charge in [0, 0.05) is 16.8 Å². The van der Waals surface area contributed by atoms with Crippen LogP contribution in [0.5, 0.6) is 17.2 Å². The van der Waals surface area contributed by atoms with E-state index >= 15 is 0 Å². The van der Waals surface area contributed by atoms with Crippen molar-refractivity contribution in [1.82, 2.24) is 0 Å². The topological polar surface area (TPSA) is 56.8 Å². The molecule has 0 radical (unpaired) electrons. The third kappa shape index (κ3) is 7.88. The maximum atomic E-state index is 12.3. The number of hydrogen-bond acceptors (Lipinski definition) is 4. The minimum atomic E-state index is -0.225. The fraction of sp³-hybridized carbons (Fsp3) is 0.222. The van der Waals surface area contributed by atoms with E-state index in [9.17, 15) is 4.79 Å². The molecule has 0 fully saturated rings. The maximum Gasteiger partial charge on any atom is 0.248 e. The van der Waals surface area contributed by atoms with E-state index in [1.54, 1.807) is 13.2 Å². The van der Waals surface area contributed by atoms with Gasteiger partial charge in [-0.15, -0.1) is 0 Å². The standard InChI is InChI=1S/C27H28ClNO4/c1-3-4-17-32-24-13-11-23(12-14-24)29-27(30)16-8-20-7-15-25(26(18-20)31-2)33-19-21-5-9-22(28)10-6-21/h5-16,18H,3-4,17,19H2,1-2H3,(H,29,30). The van der Waals surface area contributed by atoms with Crippen molar-refractivity contribution in [3.63, 3.8) is 0 Å². The summed E-state index contributed by atoms with van der Waals surface area (Å²) in [5.41, 5.74) is 2.53. The van der Waals surface area contributed by atoms with Gasteiger partial charge < -0.3 is 19.5 Å². The van der Waals surface area contributed by atoms with Gasteiger partial charge in [0.1, 0.15) is 12.4 Å². The first-order chi connectivity index (χ1) is 16.1. The molecular weight excluding hydrogens is 438 g/mol. The minimum Gasteiger partial charge on any atom is -0.494 e. The molecule has 0 unspecified atom stereocenters. The van der Waals surface area contributed by atoms with Crippen molar-refractivity contribution < 1.29 is 19.0 Å². The SMILES string of the molecule is CCCCOc1ccc(NC(=O)C=Cc2ccc(OCc3ccc(Cl)cc3)c(OC)c2)cc1. The van der Waals surface area contributed by atoms with Crippen LogP contribution in [-0.2, 0) is 11.4 Å². The number of methoxy groups -OCH3 is 1. The third-order valence-electron chi connectivity index (χ3n) is 4.81. The minimum absolute atomic E-state index is 0.225. The van der Waals surface area contributed by atoms with Crippen molar-refractivity contribution in [2.75, 3.05) is 19.0 Å². The molecule has 6 heteroatoms. The molecule has 0 aliphatic rings. The first-order valence-electron chi connectivity index (χ1n) is 10.8. The Morgan fingerprint density at radius 3 is 2.42 bits per heavy atom. The fourth-order valence-electron chi connectivity index (χ4n) is 2.97. The van der Waals surface area contributed by atoms with Gasteiger partial charge >= 0.3 is 0 Å². The fourth-order valence-corrected chi connectivity index (χ4v) is 3.10. The number of unbranched alkanes of at least 4 members (excludes halogenated alkanes) is 1. The second kappa shape index (κ2) is 12.6. The smallest absolute Gasteiger partial charge is 0.248 e. The predicted molar refractivity (Wildman–Crippen MR) is 133 cm³/mol. The van der Waals surface area contributed by atoms with E-state index in [1.807, 2.05) is 66.7 Å². The van der Waals surface area contributed by atoms with Crippen molar-refractivity contribution in [2.24, 2.45) is 0 Å². The Morgan fingerprint density at radius 1 is 0.970 bits per heavy atom. The van der Waals surface area contributed by atoms with Gasteiger partial charge in [0.15, 0.2) is 11.5 Å². The van der Waals surface area contributed by atoms with Gasteiger partial charge in [-0.1, -0.05) is 43.1 Å². The number of carbonyl (C=O) groups is 1. The molecule has 3 aromatic rings. The van der Waals surface area contributed by atoms with Crippen LogP contribution in [0, 0.1) is 0 Å². The Morgan fingerprint density at radius 2 is 1.73 bits per heavy atom. The van der Waals surface area contributed by atoms with Gasteiger partial charge in [-0.25, -0.2) is 0 Å². The zero-order valence-corrected chi connectivity index (χ0v) is 19.6. The summed E-state index contributed by atoms with van der Waals surface area (Å²) >= 11 is 5.92. The normalized spacial score (nSPS) is 10.8. The Bertz CT molecular complexity index is 1060. The number of rotatable bonds is 11. The molecule has 0 bridgehead atoms. The molecule has 0 atom stereocenters. The number of carbonyl (C=O) groups excluding carboxylic acids is 1. The number of halogens is 1. The van der Waals surface area contributed by atoms with E-state index in [0.717, 1.165) is 29.7 Å². The lowest BCUT2D eigenvalue weighted by molar-refractivity contribution is -0.111. The summed E-state index contributed by atoms with van der Waals surface area (Å²) in [4.78, 5) is 12.3. The zero-order chi connectivity index (χ0) is 23.5. The second-order valence-electron chi connectivity index (χ2n) is 7.37. The summed E-state index contributed by atoms with van der Waals surface area (Å²) < 4.78 is 17.0. The highest BCUT2D eigenvalue weighted by Gasteiger charge is 2.06. The molecule has 0 heterocycles. The van der Waals surface area contributed by atoms with Crippen molar-refractivity contribution in [3.05, 3.63) is 89.0 Å². The van der Waals surface area contributed by atoms with Gasteiger partial charge in [0.25, 0.3) is 0 Å². The average molecular weight is 466 g/mol. The van der Waals surface area contributed by atoms with Crippen molar-refractivity contribution >= 4 is 29.3 Å². The van der Waals surface area contributed by atoms with Crippen LogP contribution in [0.4, 0.5) is 5.69 Å². The number of ether oxygens (including phenoxy) is 3. The van der Waals surface area contributed by atoms with Gasteiger partial charge in [-0.3, -0.25) is 4.79 Å². The molecule has 1 N–H and O–H groups in total. The molecule has 33 heavy (non-hydrogen) atoms. The van der Waals surface area contributed by atoms with E-state index in [4.69, 9.17) is 25.8 Å². The molecule has 3 aromatic carbocycles. The number of amides is 1. The van der Waals surface area contributed by atoms with Gasteiger partial charge in [-0.05, 0) is 72.2 Å². The first-order valence-corrected chi connectivity index (χ1v) is 11.2. The molecule has 5 nitrogen and oxygen atoms in total. The van der Waals surface area contributed by atoms with Crippen LogP contribution in [-0.4, -0.2) is 19.6 Å². The largest absolute Gasteiger partial charge is 0.494 e. The van der Waals surface area contributed by atoms with E-state index in [0.29, 0.717) is 35.4 Å². The van der Waals surface area contributed by atoms with Crippen LogP contribution in [0.3, 0.4) is 0 Å². The quantitative estimate of drug-likeness (QED) is 0.251. The van der Waals surface area contributed by atoms with Crippen LogP contribution < -0.4 is 19.5 Å². The average Bonchev–Trinajstić information content (AvgIpc) is 2.84. The molecule has 0 spiro atoms. The van der Waals surface area contributed by atoms with Crippen LogP contribution >= 0.6 is 11.6 Å². The third-order valence-corrected chi connectivity index (χ3v) is 5.06. The lowest BCUT2D eigenvalue weighted by atomic mass is 10.2. The van der Waals surface area contributed by atoms with Gasteiger partial charge in [0.05, 0.1) is 13.7 Å². The number of anilines is 1. The summed E-state index contributed by atoms with van der Waals surface area (Å²) in [7, 11) is 1.58. The van der Waals surface area contributed by atoms with Crippen molar-refractivity contribution in [2.45, 2.75) is 26.4 Å². The molecule has 3 rings (SSSR count). The van der Waals surface area contributed by atoms with Gasteiger partial charge in [-0.2, -0.15) is 0 Å². The van der Waals surface area contributed by atoms with Crippen LogP contribution in [0.15, 0.2) is 72.8 Å². The molecule has 0 aromatic heterocycles. The molecular formula is C27H28ClNO4. The van der Waals surface area contributed by atoms with E-state index in [-0.39, 0.29) is 5.91 Å². The molecule has 0 saturated carbocycles. The van der Waals surface area contributed by atoms with Crippen molar-refractivity contribution in [3.8, 4) is 17.2 Å². The Labute approximate surface area is 199 Å². The summed E-state index contributed by atoms with van der Waals surface area (Å²) in [6.07, 6.45) is 5.31. The first kappa shape index (κ1) is 24.2. The number of benzene rings is 3. The summed E-state index contributed by atoms with van der Waals surface area (Å²) in [6, 6.07) is 20.3. The van der Waals surface area contributed by atoms with Crippen LogP contribution in [0.2, 0.25) is 5.02 Å². The highest BCUT2D eigenvalue weighted by Crippen LogP contribution is 2.29. The van der Waals surface area contributed by atoms with E-state index in [1.165, 1.54) is 6.08 Å². The number of nitrogens with one attached hydrogen (secondary N) is 1. The number of hydrogen-bond donors (Lipinski definition) is 1. The summed E-state index contributed by atoms with van der Waals surface area (Å²) in [5.74, 6) is 1.78. The lowest BCUT2D eigenvalue weighted by Crippen LogP contribution is -2.07.